The molecule has 174 valence electrons. The van der Waals surface area contributed by atoms with Crippen LogP contribution in [-0.2, 0) is 16.0 Å². The van der Waals surface area contributed by atoms with E-state index in [0.29, 0.717) is 24.3 Å². The monoisotopic (exact) mass is 454 g/mol. The number of aromatic nitrogens is 3. The number of H-pyrrole nitrogens is 2. The zero-order valence-electron chi connectivity index (χ0n) is 18.4. The summed E-state index contributed by atoms with van der Waals surface area (Å²) in [6.45, 7) is 2.10. The third-order valence-corrected chi connectivity index (χ3v) is 5.13. The molecular formula is C23H26N4O6. The van der Waals surface area contributed by atoms with E-state index in [1.165, 1.54) is 7.11 Å². The molecule has 33 heavy (non-hydrogen) atoms. The van der Waals surface area contributed by atoms with Crippen molar-refractivity contribution in [2.75, 3.05) is 20.3 Å². The highest BCUT2D eigenvalue weighted by molar-refractivity contribution is 5.92. The number of benzene rings is 1. The van der Waals surface area contributed by atoms with E-state index in [-0.39, 0.29) is 30.1 Å². The number of aromatic amines is 2. The number of ether oxygens (including phenoxy) is 2. The fourth-order valence-corrected chi connectivity index (χ4v) is 3.46. The van der Waals surface area contributed by atoms with Gasteiger partial charge in [0.15, 0.2) is 0 Å². The predicted molar refractivity (Wildman–Crippen MR) is 119 cm³/mol. The lowest BCUT2D eigenvalue weighted by molar-refractivity contribution is -0.121. The molecule has 0 aliphatic carbocycles. The van der Waals surface area contributed by atoms with Crippen molar-refractivity contribution in [2.45, 2.75) is 25.7 Å². The fourth-order valence-electron chi connectivity index (χ4n) is 3.46. The van der Waals surface area contributed by atoms with Crippen LogP contribution in [0.25, 0.3) is 0 Å². The van der Waals surface area contributed by atoms with Gasteiger partial charge in [0.25, 0.3) is 5.56 Å². The summed E-state index contributed by atoms with van der Waals surface area (Å²) in [6.07, 6.45) is 4.77. The number of methoxy groups -OCH3 is 1. The van der Waals surface area contributed by atoms with Crippen LogP contribution in [0.1, 0.15) is 46.4 Å². The highest BCUT2D eigenvalue weighted by Crippen LogP contribution is 2.34. The Kier molecular flexibility index (Phi) is 7.85. The van der Waals surface area contributed by atoms with Gasteiger partial charge >= 0.3 is 5.97 Å². The maximum atomic E-state index is 12.7. The Morgan fingerprint density at radius 2 is 1.97 bits per heavy atom. The Balaban J connectivity index is 1.91. The maximum Gasteiger partial charge on any atom is 0.343 e. The van der Waals surface area contributed by atoms with Crippen molar-refractivity contribution in [3.8, 4) is 11.5 Å². The first-order valence-electron chi connectivity index (χ1n) is 10.4. The topological polar surface area (TPSA) is 146 Å². The molecule has 4 N–H and O–H groups in total. The number of nitrogens with zero attached hydrogens (tertiary/aromatic N) is 1. The third kappa shape index (κ3) is 5.79. The Bertz CT molecular complexity index is 1140. The Morgan fingerprint density at radius 1 is 1.21 bits per heavy atom. The summed E-state index contributed by atoms with van der Waals surface area (Å²) in [6, 6.07) is 6.80. The van der Waals surface area contributed by atoms with Gasteiger partial charge in [0.1, 0.15) is 17.1 Å². The summed E-state index contributed by atoms with van der Waals surface area (Å²) >= 11 is 0. The summed E-state index contributed by atoms with van der Waals surface area (Å²) in [4.78, 5) is 47.1. The average molecular weight is 454 g/mol. The normalized spacial score (nSPS) is 11.6. The number of esters is 1. The lowest BCUT2D eigenvalue weighted by atomic mass is 9.87. The van der Waals surface area contributed by atoms with E-state index in [2.05, 4.69) is 20.3 Å². The second-order valence-electron chi connectivity index (χ2n) is 7.22. The number of imidazole rings is 1. The van der Waals surface area contributed by atoms with E-state index in [4.69, 9.17) is 9.47 Å². The second-order valence-corrected chi connectivity index (χ2v) is 7.22. The van der Waals surface area contributed by atoms with Crippen molar-refractivity contribution < 1.29 is 24.2 Å². The number of amides is 1. The van der Waals surface area contributed by atoms with Crippen LogP contribution in [0.2, 0.25) is 0 Å². The quantitative estimate of drug-likeness (QED) is 0.342. The van der Waals surface area contributed by atoms with Crippen LogP contribution >= 0.6 is 0 Å². The van der Waals surface area contributed by atoms with Crippen LogP contribution in [0, 0.1) is 0 Å². The van der Waals surface area contributed by atoms with E-state index < -0.39 is 23.2 Å². The lowest BCUT2D eigenvalue weighted by Crippen LogP contribution is -2.29. The van der Waals surface area contributed by atoms with Gasteiger partial charge in [0.05, 0.1) is 25.6 Å². The molecule has 2 heterocycles. The van der Waals surface area contributed by atoms with Crippen LogP contribution < -0.4 is 15.6 Å². The van der Waals surface area contributed by atoms with E-state index in [0.717, 1.165) is 11.9 Å². The van der Waals surface area contributed by atoms with Gasteiger partial charge in [-0.25, -0.2) is 9.78 Å². The standard InChI is InChI=1S/C23H26N4O6/c1-3-33-23(31)18-12-26-22(30)20(21(18)29)17(14-4-6-16(32-2)7-5-14)10-19(28)25-9-8-15-11-24-13-27-15/h4-7,11-13,17H,3,8-10H2,1-2H3,(H,24,27)(H,25,28)(H2,26,29,30)/t17-/m0/s1. The SMILES string of the molecule is CCOC(=O)c1c[nH]c(=O)c([C@@H](CC(=O)NCCc2cnc[nH]2)c2ccc(OC)cc2)c1O. The summed E-state index contributed by atoms with van der Waals surface area (Å²) in [5.74, 6) is -1.83. The fraction of sp³-hybridized carbons (Fsp3) is 0.304. The maximum absolute atomic E-state index is 12.7. The molecule has 0 saturated carbocycles. The summed E-state index contributed by atoms with van der Waals surface area (Å²) < 4.78 is 10.1. The molecule has 10 heteroatoms. The molecule has 3 rings (SSSR count). The molecular weight excluding hydrogens is 428 g/mol. The number of carbonyl (C=O) groups excluding carboxylic acids is 2. The van der Waals surface area contributed by atoms with Gasteiger partial charge in [-0.1, -0.05) is 12.1 Å². The van der Waals surface area contributed by atoms with Gasteiger partial charge in [0, 0.05) is 43.4 Å². The number of nitrogens with one attached hydrogen (secondary N) is 3. The number of hydrogen-bond donors (Lipinski definition) is 4. The van der Waals surface area contributed by atoms with Crippen LogP contribution in [0.4, 0.5) is 0 Å². The minimum atomic E-state index is -0.818. The molecule has 1 aromatic carbocycles. The van der Waals surface area contributed by atoms with Gasteiger partial charge in [0.2, 0.25) is 5.91 Å². The number of rotatable bonds is 10. The van der Waals surface area contributed by atoms with Gasteiger partial charge in [-0.05, 0) is 24.6 Å². The third-order valence-electron chi connectivity index (χ3n) is 5.13. The van der Waals surface area contributed by atoms with Crippen LogP contribution in [-0.4, -0.2) is 52.2 Å². The van der Waals surface area contributed by atoms with E-state index in [1.54, 1.807) is 43.7 Å². The highest BCUT2D eigenvalue weighted by Gasteiger charge is 2.28. The zero-order valence-corrected chi connectivity index (χ0v) is 18.4. The molecule has 0 aliphatic heterocycles. The molecule has 10 nitrogen and oxygen atoms in total. The number of hydrogen-bond acceptors (Lipinski definition) is 7. The molecule has 2 aromatic heterocycles. The molecule has 0 spiro atoms. The first kappa shape index (κ1) is 23.6. The molecule has 0 fully saturated rings. The number of carbonyl (C=O) groups is 2. The lowest BCUT2D eigenvalue weighted by Gasteiger charge is -2.19. The summed E-state index contributed by atoms with van der Waals surface area (Å²) in [5, 5.41) is 13.6. The number of aromatic hydroxyl groups is 1. The summed E-state index contributed by atoms with van der Waals surface area (Å²) in [7, 11) is 1.53. The number of pyridine rings is 1. The highest BCUT2D eigenvalue weighted by atomic mass is 16.5. The molecule has 1 atom stereocenters. The van der Waals surface area contributed by atoms with Crippen molar-refractivity contribution in [1.82, 2.24) is 20.3 Å². The minimum Gasteiger partial charge on any atom is -0.506 e. The minimum absolute atomic E-state index is 0.0885. The van der Waals surface area contributed by atoms with Crippen molar-refractivity contribution in [2.24, 2.45) is 0 Å². The van der Waals surface area contributed by atoms with Crippen LogP contribution in [0.5, 0.6) is 11.5 Å². The average Bonchev–Trinajstić information content (AvgIpc) is 3.32. The van der Waals surface area contributed by atoms with E-state index >= 15 is 0 Å². The van der Waals surface area contributed by atoms with Crippen molar-refractivity contribution in [1.29, 1.82) is 0 Å². The first-order chi connectivity index (χ1) is 15.9. The predicted octanol–water partition coefficient (Wildman–Crippen LogP) is 1.87. The largest absolute Gasteiger partial charge is 0.506 e. The Morgan fingerprint density at radius 3 is 2.61 bits per heavy atom. The second kappa shape index (κ2) is 11.0. The Labute approximate surface area is 190 Å². The van der Waals surface area contributed by atoms with Crippen molar-refractivity contribution in [3.05, 3.63) is 75.7 Å². The smallest absolute Gasteiger partial charge is 0.343 e. The first-order valence-corrected chi connectivity index (χ1v) is 10.4. The van der Waals surface area contributed by atoms with Crippen molar-refractivity contribution in [3.63, 3.8) is 0 Å². The molecule has 0 bridgehead atoms. The van der Waals surface area contributed by atoms with E-state index in [1.807, 2.05) is 0 Å². The molecule has 0 unspecified atom stereocenters. The molecule has 0 saturated heterocycles. The van der Waals surface area contributed by atoms with Crippen LogP contribution in [0.15, 0.2) is 47.8 Å². The molecule has 1 amide bonds. The van der Waals surface area contributed by atoms with Crippen LogP contribution in [0.3, 0.4) is 0 Å². The molecule has 0 aliphatic rings. The van der Waals surface area contributed by atoms with Crippen molar-refractivity contribution >= 4 is 11.9 Å². The van der Waals surface area contributed by atoms with E-state index in [9.17, 15) is 19.5 Å². The summed E-state index contributed by atoms with van der Waals surface area (Å²) in [5.41, 5.74) is 0.602. The molecule has 0 radical (unpaired) electrons. The van der Waals surface area contributed by atoms with Gasteiger partial charge in [-0.2, -0.15) is 0 Å². The molecule has 3 aromatic rings. The van der Waals surface area contributed by atoms with Gasteiger partial charge < -0.3 is 29.9 Å². The Hall–Kier alpha value is -4.08. The zero-order chi connectivity index (χ0) is 23.8. The van der Waals surface area contributed by atoms with Gasteiger partial charge in [-0.15, -0.1) is 0 Å². The van der Waals surface area contributed by atoms with Gasteiger partial charge in [-0.3, -0.25) is 9.59 Å².